The van der Waals surface area contributed by atoms with Gasteiger partial charge in [0.2, 0.25) is 0 Å². The van der Waals surface area contributed by atoms with Gasteiger partial charge in [-0.05, 0) is 42.5 Å². The molecular formula is C18H26NP. The average molecular weight is 287 g/mol. The van der Waals surface area contributed by atoms with Crippen LogP contribution in [0.15, 0.2) is 48.7 Å². The Morgan fingerprint density at radius 2 is 1.30 bits per heavy atom. The summed E-state index contributed by atoms with van der Waals surface area (Å²) >= 11 is 0. The first-order valence-electron chi connectivity index (χ1n) is 7.24. The molecule has 108 valence electrons. The first-order chi connectivity index (χ1) is 9.21. The van der Waals surface area contributed by atoms with Gasteiger partial charge in [-0.2, -0.15) is 0 Å². The van der Waals surface area contributed by atoms with E-state index in [1.807, 2.05) is 0 Å². The second kappa shape index (κ2) is 5.37. The molecular weight excluding hydrogens is 261 g/mol. The lowest BCUT2D eigenvalue weighted by atomic mass is 10.2. The highest BCUT2D eigenvalue weighted by atomic mass is 31.1. The minimum absolute atomic E-state index is 0.282. The zero-order valence-electron chi connectivity index (χ0n) is 13.5. The van der Waals surface area contributed by atoms with Gasteiger partial charge in [0.25, 0.3) is 0 Å². The van der Waals surface area contributed by atoms with Crippen molar-refractivity contribution in [3.8, 4) is 5.69 Å². The van der Waals surface area contributed by atoms with Gasteiger partial charge in [0.15, 0.2) is 0 Å². The molecule has 0 radical (unpaired) electrons. The van der Waals surface area contributed by atoms with Crippen LogP contribution in [0.5, 0.6) is 0 Å². The first kappa shape index (κ1) is 15.3. The lowest BCUT2D eigenvalue weighted by Gasteiger charge is -2.41. The van der Waals surface area contributed by atoms with E-state index >= 15 is 0 Å². The van der Waals surface area contributed by atoms with Crippen LogP contribution in [0.4, 0.5) is 0 Å². The summed E-state index contributed by atoms with van der Waals surface area (Å²) in [6.45, 7) is 14.2. The van der Waals surface area contributed by atoms with E-state index in [-0.39, 0.29) is 7.92 Å². The quantitative estimate of drug-likeness (QED) is 0.671. The van der Waals surface area contributed by atoms with Gasteiger partial charge in [0.05, 0.1) is 0 Å². The van der Waals surface area contributed by atoms with Gasteiger partial charge >= 0.3 is 0 Å². The van der Waals surface area contributed by atoms with E-state index in [4.69, 9.17) is 0 Å². The molecule has 0 saturated carbocycles. The van der Waals surface area contributed by atoms with Crippen LogP contribution in [0, 0.1) is 0 Å². The topological polar surface area (TPSA) is 4.93 Å². The summed E-state index contributed by atoms with van der Waals surface area (Å²) in [4.78, 5) is 0. The average Bonchev–Trinajstić information content (AvgIpc) is 2.75. The van der Waals surface area contributed by atoms with Crippen molar-refractivity contribution in [1.29, 1.82) is 0 Å². The third-order valence-electron chi connectivity index (χ3n) is 3.33. The van der Waals surface area contributed by atoms with E-state index < -0.39 is 0 Å². The zero-order chi connectivity index (χ0) is 15.0. The fourth-order valence-corrected chi connectivity index (χ4v) is 7.07. The van der Waals surface area contributed by atoms with Crippen molar-refractivity contribution in [3.05, 3.63) is 48.7 Å². The van der Waals surface area contributed by atoms with Crippen LogP contribution in [-0.4, -0.2) is 14.9 Å². The minimum atomic E-state index is -0.282. The summed E-state index contributed by atoms with van der Waals surface area (Å²) in [5.74, 6) is 0. The molecule has 1 nitrogen and oxygen atoms in total. The Bertz CT molecular complexity index is 541. The molecule has 2 rings (SSSR count). The molecule has 20 heavy (non-hydrogen) atoms. The highest BCUT2D eigenvalue weighted by Crippen LogP contribution is 2.58. The van der Waals surface area contributed by atoms with E-state index in [2.05, 4.69) is 94.8 Å². The van der Waals surface area contributed by atoms with Gasteiger partial charge in [0.1, 0.15) is 0 Å². The highest BCUT2D eigenvalue weighted by molar-refractivity contribution is 7.68. The summed E-state index contributed by atoms with van der Waals surface area (Å²) in [5.41, 5.74) is 2.72. The normalized spacial score (nSPS) is 12.9. The number of rotatable bonds is 2. The Morgan fingerprint density at radius 3 is 1.80 bits per heavy atom. The zero-order valence-corrected chi connectivity index (χ0v) is 14.4. The number of hydrogen-bond donors (Lipinski definition) is 0. The number of para-hydroxylation sites is 1. The summed E-state index contributed by atoms with van der Waals surface area (Å²) in [6.07, 6.45) is 2.19. The second-order valence-corrected chi connectivity index (χ2v) is 11.1. The molecule has 0 aliphatic carbocycles. The Hall–Kier alpha value is -1.07. The molecule has 0 aliphatic rings. The van der Waals surface area contributed by atoms with Crippen molar-refractivity contribution < 1.29 is 0 Å². The van der Waals surface area contributed by atoms with Crippen LogP contribution in [0.25, 0.3) is 5.69 Å². The fraction of sp³-hybridized carbons (Fsp3) is 0.444. The van der Waals surface area contributed by atoms with Gasteiger partial charge in [-0.3, -0.25) is 0 Å². The molecule has 2 aromatic rings. The second-order valence-electron chi connectivity index (χ2n) is 7.25. The Labute approximate surface area is 124 Å². The molecule has 1 heterocycles. The van der Waals surface area contributed by atoms with Gasteiger partial charge in [-0.15, -0.1) is 0 Å². The molecule has 2 heteroatoms. The van der Waals surface area contributed by atoms with Crippen molar-refractivity contribution in [2.45, 2.75) is 51.9 Å². The van der Waals surface area contributed by atoms with Crippen molar-refractivity contribution in [2.75, 3.05) is 0 Å². The van der Waals surface area contributed by atoms with E-state index in [1.54, 1.807) is 0 Å². The smallest absolute Gasteiger partial charge is 0.0469 e. The summed E-state index contributed by atoms with van der Waals surface area (Å²) in [6, 6.07) is 15.1. The van der Waals surface area contributed by atoms with E-state index in [0.29, 0.717) is 10.3 Å². The molecule has 1 aromatic heterocycles. The third-order valence-corrected chi connectivity index (χ3v) is 6.84. The van der Waals surface area contributed by atoms with Crippen molar-refractivity contribution in [1.82, 2.24) is 4.57 Å². The van der Waals surface area contributed by atoms with E-state index in [1.165, 1.54) is 11.1 Å². The van der Waals surface area contributed by atoms with Crippen LogP contribution in [0.3, 0.4) is 0 Å². The molecule has 0 saturated heterocycles. The van der Waals surface area contributed by atoms with E-state index in [0.717, 1.165) is 0 Å². The standard InChI is InChI=1S/C18H26NP/c1-17(2,3)20(18(4,5)6)16-13-10-14-19(16)15-11-8-7-9-12-15/h7-14H,1-6H3. The Kier molecular flexibility index (Phi) is 4.12. The van der Waals surface area contributed by atoms with Crippen LogP contribution >= 0.6 is 7.92 Å². The maximum Gasteiger partial charge on any atom is 0.0469 e. The minimum Gasteiger partial charge on any atom is -0.317 e. The molecule has 0 fully saturated rings. The lowest BCUT2D eigenvalue weighted by molar-refractivity contribution is 0.712. The largest absolute Gasteiger partial charge is 0.317 e. The predicted octanol–water partition coefficient (Wildman–Crippen LogP) is 5.18. The lowest BCUT2D eigenvalue weighted by Crippen LogP contribution is -2.33. The Balaban J connectivity index is 2.55. The summed E-state index contributed by atoms with van der Waals surface area (Å²) in [5, 5.41) is 0.580. The fourth-order valence-electron chi connectivity index (χ4n) is 3.05. The number of hydrogen-bond acceptors (Lipinski definition) is 0. The van der Waals surface area contributed by atoms with Crippen LogP contribution in [-0.2, 0) is 0 Å². The van der Waals surface area contributed by atoms with Crippen LogP contribution < -0.4 is 5.44 Å². The monoisotopic (exact) mass is 287 g/mol. The molecule has 1 aromatic carbocycles. The maximum atomic E-state index is 2.37. The highest BCUT2D eigenvalue weighted by Gasteiger charge is 2.37. The molecule has 0 N–H and O–H groups in total. The predicted molar refractivity (Wildman–Crippen MR) is 91.8 cm³/mol. The molecule has 0 atom stereocenters. The number of aromatic nitrogens is 1. The van der Waals surface area contributed by atoms with Crippen molar-refractivity contribution in [3.63, 3.8) is 0 Å². The molecule has 0 spiro atoms. The van der Waals surface area contributed by atoms with Gasteiger partial charge in [0, 0.05) is 17.3 Å². The summed E-state index contributed by atoms with van der Waals surface area (Å²) in [7, 11) is -0.282. The van der Waals surface area contributed by atoms with Crippen LogP contribution in [0.1, 0.15) is 41.5 Å². The molecule has 0 aliphatic heterocycles. The van der Waals surface area contributed by atoms with Gasteiger partial charge in [-0.1, -0.05) is 59.7 Å². The molecule has 0 bridgehead atoms. The van der Waals surface area contributed by atoms with Crippen LogP contribution in [0.2, 0.25) is 0 Å². The molecule has 0 amide bonds. The molecule has 0 unspecified atom stereocenters. The van der Waals surface area contributed by atoms with Gasteiger partial charge < -0.3 is 4.57 Å². The maximum absolute atomic E-state index is 2.37. The number of nitrogens with zero attached hydrogens (tertiary/aromatic N) is 1. The van der Waals surface area contributed by atoms with Gasteiger partial charge in [-0.25, -0.2) is 0 Å². The third kappa shape index (κ3) is 3.15. The first-order valence-corrected chi connectivity index (χ1v) is 8.58. The summed E-state index contributed by atoms with van der Waals surface area (Å²) < 4.78 is 2.36. The SMILES string of the molecule is CC(C)(C)P(c1cccn1-c1ccccc1)C(C)(C)C. The Morgan fingerprint density at radius 1 is 0.750 bits per heavy atom. The number of benzene rings is 1. The van der Waals surface area contributed by atoms with E-state index in [9.17, 15) is 0 Å². The van der Waals surface area contributed by atoms with Crippen molar-refractivity contribution >= 4 is 13.4 Å². The van der Waals surface area contributed by atoms with Crippen molar-refractivity contribution in [2.24, 2.45) is 0 Å².